The molecule has 0 aromatic heterocycles. The molecule has 4 rings (SSSR count). The minimum atomic E-state index is -2.89. The molecule has 0 fully saturated rings. The van der Waals surface area contributed by atoms with E-state index >= 15 is 0 Å². The van der Waals surface area contributed by atoms with Gasteiger partial charge in [-0.05, 0) is 0 Å². The quantitative estimate of drug-likeness (QED) is 0.493. The fourth-order valence-electron chi connectivity index (χ4n) is 3.28. The molecule has 3 aromatic rings. The Labute approximate surface area is 153 Å². The predicted octanol–water partition coefficient (Wildman–Crippen LogP) is 4.42. The summed E-state index contributed by atoms with van der Waals surface area (Å²) in [5.41, 5.74) is 0. The van der Waals surface area contributed by atoms with Crippen LogP contribution in [0.5, 0.6) is 0 Å². The first-order valence-electron chi connectivity index (χ1n) is 8.44. The zero-order chi connectivity index (χ0) is 17.2. The second-order valence-electron chi connectivity index (χ2n) is 6.06. The van der Waals surface area contributed by atoms with Crippen molar-refractivity contribution in [1.29, 1.82) is 0 Å². The van der Waals surface area contributed by atoms with Crippen LogP contribution in [-0.2, 0) is 16.1 Å². The summed E-state index contributed by atoms with van der Waals surface area (Å²) in [6.45, 7) is 2.41. The monoisotopic (exact) mass is 505 g/mol. The molecule has 0 nitrogen and oxygen atoms in total. The van der Waals surface area contributed by atoms with E-state index in [1.165, 1.54) is 11.9 Å². The van der Waals surface area contributed by atoms with Gasteiger partial charge in [0.1, 0.15) is 0 Å². The zero-order valence-corrected chi connectivity index (χ0v) is 16.6. The summed E-state index contributed by atoms with van der Waals surface area (Å²) >= 11 is -2.89. The van der Waals surface area contributed by atoms with Gasteiger partial charge < -0.3 is 0 Å². The Balaban J connectivity index is 2.13. The number of hydrogen-bond acceptors (Lipinski definition) is 0. The first-order valence-corrected chi connectivity index (χ1v) is 13.0. The van der Waals surface area contributed by atoms with Crippen LogP contribution < -0.4 is 11.9 Å². The summed E-state index contributed by atoms with van der Waals surface area (Å²) in [5, 5.41) is 0. The van der Waals surface area contributed by atoms with Gasteiger partial charge in [0.05, 0.1) is 0 Å². The molecule has 1 heteroatoms. The second kappa shape index (κ2) is 6.62. The summed E-state index contributed by atoms with van der Waals surface area (Å²) in [7, 11) is 0. The summed E-state index contributed by atoms with van der Waals surface area (Å²) < 4.78 is 4.51. The van der Waals surface area contributed by atoms with Gasteiger partial charge in [0.25, 0.3) is 0 Å². The molecule has 0 saturated heterocycles. The molecule has 0 amide bonds. The number of benzene rings is 3. The van der Waals surface area contributed by atoms with Crippen LogP contribution in [0.4, 0.5) is 0 Å². The molecule has 1 aliphatic rings. The van der Waals surface area contributed by atoms with Crippen LogP contribution in [0.15, 0.2) is 115 Å². The molecule has 0 radical (unpaired) electrons. The molecule has 0 aliphatic heterocycles. The van der Waals surface area contributed by atoms with Gasteiger partial charge >= 0.3 is 154 Å². The third-order valence-corrected chi connectivity index (χ3v) is 17.0. The van der Waals surface area contributed by atoms with E-state index in [9.17, 15) is 0 Å². The Morgan fingerprint density at radius 3 is 1.16 bits per heavy atom. The maximum absolute atomic E-state index is 2.89. The van der Waals surface area contributed by atoms with E-state index in [1.807, 2.05) is 0 Å². The molecular weight excluding hydrogens is 483 g/mol. The van der Waals surface area contributed by atoms with Gasteiger partial charge in [0.2, 0.25) is 0 Å². The zero-order valence-electron chi connectivity index (χ0n) is 14.3. The van der Waals surface area contributed by atoms with E-state index in [-0.39, 0.29) is 3.80 Å². The SMILES string of the molecule is C[C]1([Pt]([c]2ccccc2)([c]2ccccc2)[c]2ccccc2)C=CC=C1. The van der Waals surface area contributed by atoms with E-state index in [1.54, 1.807) is 0 Å². The maximum atomic E-state index is 2.41. The molecule has 0 unspecified atom stereocenters. The number of allylic oxidation sites excluding steroid dienone is 4. The Morgan fingerprint density at radius 1 is 0.520 bits per heavy atom. The molecule has 0 spiro atoms. The summed E-state index contributed by atoms with van der Waals surface area (Å²) in [5.74, 6) is 0. The van der Waals surface area contributed by atoms with Crippen molar-refractivity contribution in [3.8, 4) is 0 Å². The molecule has 25 heavy (non-hydrogen) atoms. The van der Waals surface area contributed by atoms with Crippen molar-refractivity contribution in [3.05, 3.63) is 115 Å². The van der Waals surface area contributed by atoms with E-state index in [2.05, 4.69) is 122 Å². The van der Waals surface area contributed by atoms with Gasteiger partial charge in [0.15, 0.2) is 0 Å². The molecular formula is C24H22Pt. The Kier molecular flexibility index (Phi) is 4.32. The molecule has 0 bridgehead atoms. The van der Waals surface area contributed by atoms with Crippen LogP contribution in [-0.4, -0.2) is 0 Å². The topological polar surface area (TPSA) is 0 Å². The molecule has 128 valence electrons. The molecule has 1 aliphatic carbocycles. The van der Waals surface area contributed by atoms with Crippen molar-refractivity contribution >= 4 is 11.9 Å². The van der Waals surface area contributed by atoms with Crippen LogP contribution >= 0.6 is 0 Å². The van der Waals surface area contributed by atoms with Crippen LogP contribution in [0.2, 0.25) is 3.80 Å². The molecule has 0 heterocycles. The summed E-state index contributed by atoms with van der Waals surface area (Å²) in [6.07, 6.45) is 9.26. The van der Waals surface area contributed by atoms with Crippen molar-refractivity contribution in [3.63, 3.8) is 0 Å². The fourth-order valence-corrected chi connectivity index (χ4v) is 16.1. The third kappa shape index (κ3) is 2.57. The summed E-state index contributed by atoms with van der Waals surface area (Å²) in [6, 6.07) is 33.5. The molecule has 0 N–H and O–H groups in total. The average molecular weight is 506 g/mol. The Hall–Kier alpha value is -2.17. The third-order valence-electron chi connectivity index (χ3n) is 4.40. The van der Waals surface area contributed by atoms with Crippen molar-refractivity contribution in [2.24, 2.45) is 0 Å². The van der Waals surface area contributed by atoms with Gasteiger partial charge in [-0.25, -0.2) is 0 Å². The first-order chi connectivity index (χ1) is 12.3. The van der Waals surface area contributed by atoms with Gasteiger partial charge in [-0.1, -0.05) is 0 Å². The van der Waals surface area contributed by atoms with Crippen LogP contribution in [0.3, 0.4) is 0 Å². The number of rotatable bonds is 4. The molecule has 3 aromatic carbocycles. The average Bonchev–Trinajstić information content (AvgIpc) is 3.13. The van der Waals surface area contributed by atoms with Gasteiger partial charge in [-0.2, -0.15) is 0 Å². The standard InChI is InChI=1S/C6H7.3C6H5.Pt/c1-6-4-2-3-5-6;3*1-2-4-6-5-3-1;/h2-5H,1H3;3*1-5H;. The van der Waals surface area contributed by atoms with E-state index in [0.29, 0.717) is 0 Å². The van der Waals surface area contributed by atoms with E-state index in [4.69, 9.17) is 0 Å². The minimum absolute atomic E-state index is 0.0387. The molecule has 0 saturated carbocycles. The van der Waals surface area contributed by atoms with Gasteiger partial charge in [0, 0.05) is 0 Å². The van der Waals surface area contributed by atoms with Crippen molar-refractivity contribution < 1.29 is 16.1 Å². The van der Waals surface area contributed by atoms with Crippen LogP contribution in [0.1, 0.15) is 6.92 Å². The molecule has 0 atom stereocenters. The number of hydrogen-bond donors (Lipinski definition) is 0. The Morgan fingerprint density at radius 2 is 0.840 bits per heavy atom. The van der Waals surface area contributed by atoms with Crippen molar-refractivity contribution in [2.45, 2.75) is 10.7 Å². The first kappa shape index (κ1) is 16.3. The van der Waals surface area contributed by atoms with E-state index in [0.717, 1.165) is 0 Å². The van der Waals surface area contributed by atoms with Crippen molar-refractivity contribution in [1.82, 2.24) is 0 Å². The summed E-state index contributed by atoms with van der Waals surface area (Å²) in [4.78, 5) is 0. The van der Waals surface area contributed by atoms with Crippen LogP contribution in [0, 0.1) is 0 Å². The Bertz CT molecular complexity index is 784. The predicted molar refractivity (Wildman–Crippen MR) is 105 cm³/mol. The van der Waals surface area contributed by atoms with Gasteiger partial charge in [-0.3, -0.25) is 0 Å². The van der Waals surface area contributed by atoms with E-state index < -0.39 is 16.1 Å². The van der Waals surface area contributed by atoms with Crippen molar-refractivity contribution in [2.75, 3.05) is 0 Å². The second-order valence-corrected chi connectivity index (χ2v) is 15.8. The normalized spacial score (nSPS) is 16.0. The fraction of sp³-hybridized carbons (Fsp3) is 0.0833. The van der Waals surface area contributed by atoms with Crippen LogP contribution in [0.25, 0.3) is 0 Å². The van der Waals surface area contributed by atoms with Gasteiger partial charge in [-0.15, -0.1) is 0 Å².